The normalized spacial score (nSPS) is 12.9. The van der Waals surface area contributed by atoms with Crippen molar-refractivity contribution in [2.45, 2.75) is 5.41 Å². The summed E-state index contributed by atoms with van der Waals surface area (Å²) in [5.74, 6) is 1.94. The van der Waals surface area contributed by atoms with Crippen molar-refractivity contribution < 1.29 is 4.79 Å². The summed E-state index contributed by atoms with van der Waals surface area (Å²) in [6, 6.07) is 63.8. The van der Waals surface area contributed by atoms with Gasteiger partial charge in [-0.15, -0.1) is 0 Å². The summed E-state index contributed by atoms with van der Waals surface area (Å²) in [5.41, 5.74) is 9.89. The smallest absolute Gasteiger partial charge is 0.193 e. The molecule has 0 radical (unpaired) electrons. The van der Waals surface area contributed by atoms with Crippen molar-refractivity contribution in [3.05, 3.63) is 221 Å². The summed E-state index contributed by atoms with van der Waals surface area (Å²) in [5, 5.41) is 0. The number of benzene rings is 7. The third-order valence-electron chi connectivity index (χ3n) is 9.83. The molecule has 8 aromatic rings. The Morgan fingerprint density at radius 2 is 0.745 bits per heavy atom. The lowest BCUT2D eigenvalue weighted by Crippen LogP contribution is -2.38. The van der Waals surface area contributed by atoms with Gasteiger partial charge in [-0.05, 0) is 39.4 Å². The van der Waals surface area contributed by atoms with Gasteiger partial charge in [-0.1, -0.05) is 182 Å². The number of carbonyl (C=O) groups excluding carboxylic acids is 1. The SMILES string of the molecule is O=C1c2ccccc2C(c2ccccc2)(c2ccc(-c3cccc(-c4nc(-c5ccccc5)nc(-c5ccccc5)n4)c3)cc2)c2ccccc21. The van der Waals surface area contributed by atoms with E-state index in [-0.39, 0.29) is 5.78 Å². The highest BCUT2D eigenvalue weighted by molar-refractivity contribution is 6.14. The topological polar surface area (TPSA) is 55.7 Å². The highest BCUT2D eigenvalue weighted by atomic mass is 16.1. The summed E-state index contributed by atoms with van der Waals surface area (Å²) >= 11 is 0. The van der Waals surface area contributed by atoms with E-state index in [9.17, 15) is 4.79 Å². The van der Waals surface area contributed by atoms with Crippen molar-refractivity contribution in [3.8, 4) is 45.3 Å². The van der Waals surface area contributed by atoms with E-state index >= 15 is 0 Å². The van der Waals surface area contributed by atoms with Gasteiger partial charge >= 0.3 is 0 Å². The average molecular weight is 654 g/mol. The monoisotopic (exact) mass is 653 g/mol. The first-order chi connectivity index (χ1) is 25.2. The van der Waals surface area contributed by atoms with Crippen molar-refractivity contribution >= 4 is 5.78 Å². The van der Waals surface area contributed by atoms with Crippen LogP contribution in [0.15, 0.2) is 188 Å². The van der Waals surface area contributed by atoms with E-state index < -0.39 is 5.41 Å². The molecule has 4 nitrogen and oxygen atoms in total. The molecule has 1 aliphatic carbocycles. The lowest BCUT2D eigenvalue weighted by molar-refractivity contribution is 0.103. The minimum Gasteiger partial charge on any atom is -0.289 e. The molecule has 0 bridgehead atoms. The van der Waals surface area contributed by atoms with Gasteiger partial charge in [0.2, 0.25) is 0 Å². The summed E-state index contributed by atoms with van der Waals surface area (Å²) in [6.07, 6.45) is 0. The first-order valence-corrected chi connectivity index (χ1v) is 17.1. The number of hydrogen-bond donors (Lipinski definition) is 0. The molecule has 1 aromatic heterocycles. The van der Waals surface area contributed by atoms with Gasteiger partial charge in [-0.25, -0.2) is 15.0 Å². The number of ketones is 1. The summed E-state index contributed by atoms with van der Waals surface area (Å²) < 4.78 is 0. The van der Waals surface area contributed by atoms with E-state index in [4.69, 9.17) is 15.0 Å². The van der Waals surface area contributed by atoms with Crippen molar-refractivity contribution in [2.24, 2.45) is 0 Å². The molecular weight excluding hydrogens is 623 g/mol. The summed E-state index contributed by atoms with van der Waals surface area (Å²) in [4.78, 5) is 28.6. The Kier molecular flexibility index (Phi) is 7.48. The molecule has 4 heteroatoms. The Bertz CT molecular complexity index is 2420. The third-order valence-corrected chi connectivity index (χ3v) is 9.83. The number of rotatable bonds is 6. The van der Waals surface area contributed by atoms with Gasteiger partial charge in [-0.3, -0.25) is 4.79 Å². The lowest BCUT2D eigenvalue weighted by atomic mass is 9.59. The molecule has 9 rings (SSSR count). The first-order valence-electron chi connectivity index (χ1n) is 17.1. The molecule has 0 saturated carbocycles. The van der Waals surface area contributed by atoms with Gasteiger partial charge in [0.05, 0.1) is 5.41 Å². The van der Waals surface area contributed by atoms with Crippen molar-refractivity contribution in [1.29, 1.82) is 0 Å². The van der Waals surface area contributed by atoms with Gasteiger partial charge in [-0.2, -0.15) is 0 Å². The van der Waals surface area contributed by atoms with Crippen LogP contribution in [0.4, 0.5) is 0 Å². The van der Waals surface area contributed by atoms with Gasteiger partial charge in [0.15, 0.2) is 23.3 Å². The van der Waals surface area contributed by atoms with Gasteiger partial charge in [0.25, 0.3) is 0 Å². The molecule has 7 aromatic carbocycles. The molecule has 0 atom stereocenters. The molecule has 0 fully saturated rings. The van der Waals surface area contributed by atoms with Gasteiger partial charge in [0.1, 0.15) is 0 Å². The predicted octanol–water partition coefficient (Wildman–Crippen LogP) is 10.5. The van der Waals surface area contributed by atoms with Crippen LogP contribution < -0.4 is 0 Å². The maximum atomic E-state index is 13.8. The van der Waals surface area contributed by atoms with E-state index in [2.05, 4.69) is 78.9 Å². The molecule has 1 aliphatic rings. The van der Waals surface area contributed by atoms with Crippen molar-refractivity contribution in [2.75, 3.05) is 0 Å². The van der Waals surface area contributed by atoms with Crippen LogP contribution >= 0.6 is 0 Å². The van der Waals surface area contributed by atoms with Crippen LogP contribution in [0, 0.1) is 0 Å². The van der Waals surface area contributed by atoms with Crippen LogP contribution in [0.5, 0.6) is 0 Å². The molecule has 0 spiro atoms. The Labute approximate surface area is 296 Å². The summed E-state index contributed by atoms with van der Waals surface area (Å²) in [6.45, 7) is 0. The predicted molar refractivity (Wildman–Crippen MR) is 203 cm³/mol. The zero-order chi connectivity index (χ0) is 34.2. The van der Waals surface area contributed by atoms with Crippen LogP contribution in [0.25, 0.3) is 45.3 Å². The Morgan fingerprint density at radius 3 is 1.29 bits per heavy atom. The highest BCUT2D eigenvalue weighted by Gasteiger charge is 2.46. The van der Waals surface area contributed by atoms with Gasteiger partial charge in [0, 0.05) is 27.8 Å². The summed E-state index contributed by atoms with van der Waals surface area (Å²) in [7, 11) is 0. The number of aromatic nitrogens is 3. The molecule has 0 N–H and O–H groups in total. The van der Waals surface area contributed by atoms with Crippen molar-refractivity contribution in [3.63, 3.8) is 0 Å². The fraction of sp³-hybridized carbons (Fsp3) is 0.0213. The minimum atomic E-state index is -0.671. The molecule has 1 heterocycles. The van der Waals surface area contributed by atoms with Gasteiger partial charge < -0.3 is 0 Å². The molecule has 240 valence electrons. The second-order valence-electron chi connectivity index (χ2n) is 12.7. The highest BCUT2D eigenvalue weighted by Crippen LogP contribution is 2.51. The number of fused-ring (bicyclic) bond motifs is 2. The quantitative estimate of drug-likeness (QED) is 0.179. The minimum absolute atomic E-state index is 0.0605. The Morgan fingerprint density at radius 1 is 0.333 bits per heavy atom. The zero-order valence-electron chi connectivity index (χ0n) is 27.6. The molecule has 0 aliphatic heterocycles. The van der Waals surface area contributed by atoms with Crippen LogP contribution in [-0.2, 0) is 5.41 Å². The number of carbonyl (C=O) groups is 1. The molecule has 0 amide bonds. The maximum Gasteiger partial charge on any atom is 0.193 e. The van der Waals surface area contributed by atoms with E-state index in [0.717, 1.165) is 61.2 Å². The van der Waals surface area contributed by atoms with Crippen molar-refractivity contribution in [1.82, 2.24) is 15.0 Å². The molecule has 0 saturated heterocycles. The second-order valence-corrected chi connectivity index (χ2v) is 12.7. The van der Waals surface area contributed by atoms with E-state index in [0.29, 0.717) is 17.5 Å². The zero-order valence-corrected chi connectivity index (χ0v) is 27.6. The lowest BCUT2D eigenvalue weighted by Gasteiger charge is -2.41. The van der Waals surface area contributed by atoms with E-state index in [1.807, 2.05) is 109 Å². The fourth-order valence-electron chi connectivity index (χ4n) is 7.47. The fourth-order valence-corrected chi connectivity index (χ4v) is 7.47. The Hall–Kier alpha value is -6.78. The molecular formula is C47H31N3O. The largest absolute Gasteiger partial charge is 0.289 e. The van der Waals surface area contributed by atoms with E-state index in [1.165, 1.54) is 0 Å². The average Bonchev–Trinajstić information content (AvgIpc) is 3.22. The van der Waals surface area contributed by atoms with E-state index in [1.54, 1.807) is 0 Å². The standard InChI is InChI=1S/C47H31N3O/c51-43-39-23-10-12-25-41(39)47(37-21-8-3-9-22-37,42-26-13-11-24-40(42)43)38-29-27-32(28-30-38)35-19-14-20-36(31-35)46-49-44(33-15-4-1-5-16-33)48-45(50-46)34-17-6-2-7-18-34/h1-31H. The number of hydrogen-bond acceptors (Lipinski definition) is 4. The maximum absolute atomic E-state index is 13.8. The molecule has 0 unspecified atom stereocenters. The van der Waals surface area contributed by atoms with Crippen LogP contribution in [-0.4, -0.2) is 20.7 Å². The van der Waals surface area contributed by atoms with Crippen LogP contribution in [0.1, 0.15) is 38.2 Å². The number of nitrogens with zero attached hydrogens (tertiary/aromatic N) is 3. The first kappa shape index (κ1) is 30.3. The second kappa shape index (κ2) is 12.6. The Balaban J connectivity index is 1.17. The van der Waals surface area contributed by atoms with Crippen LogP contribution in [0.2, 0.25) is 0 Å². The van der Waals surface area contributed by atoms with Crippen LogP contribution in [0.3, 0.4) is 0 Å². The molecule has 51 heavy (non-hydrogen) atoms. The third kappa shape index (κ3) is 5.17.